The molecule has 0 aromatic carbocycles. The van der Waals surface area contributed by atoms with Gasteiger partial charge in [0.15, 0.2) is 0 Å². The second-order valence-electron chi connectivity index (χ2n) is 5.59. The molecular formula is C14H30N2O. The van der Waals surface area contributed by atoms with Crippen LogP contribution < -0.4 is 5.32 Å². The highest BCUT2D eigenvalue weighted by atomic mass is 16.5. The molecule has 0 radical (unpaired) electrons. The Morgan fingerprint density at radius 3 is 2.76 bits per heavy atom. The zero-order valence-corrected chi connectivity index (χ0v) is 12.0. The van der Waals surface area contributed by atoms with Gasteiger partial charge in [0.05, 0.1) is 13.2 Å². The molecule has 1 aliphatic rings. The summed E-state index contributed by atoms with van der Waals surface area (Å²) in [6.45, 7) is 12.1. The molecule has 0 aliphatic carbocycles. The summed E-state index contributed by atoms with van der Waals surface area (Å²) < 4.78 is 5.61. The number of rotatable bonds is 8. The minimum Gasteiger partial charge on any atom is -0.379 e. The van der Waals surface area contributed by atoms with Crippen molar-refractivity contribution in [2.75, 3.05) is 39.9 Å². The molecule has 3 atom stereocenters. The molecule has 102 valence electrons. The Kier molecular flexibility index (Phi) is 7.09. The first-order chi connectivity index (χ1) is 8.17. The molecular weight excluding hydrogens is 212 g/mol. The minimum absolute atomic E-state index is 0.564. The van der Waals surface area contributed by atoms with Gasteiger partial charge >= 0.3 is 0 Å². The van der Waals surface area contributed by atoms with Gasteiger partial charge in [-0.3, -0.25) is 0 Å². The largest absolute Gasteiger partial charge is 0.379 e. The monoisotopic (exact) mass is 242 g/mol. The number of nitrogens with zero attached hydrogens (tertiary/aromatic N) is 1. The van der Waals surface area contributed by atoms with E-state index in [2.05, 4.69) is 38.0 Å². The summed E-state index contributed by atoms with van der Waals surface area (Å²) in [5.74, 6) is 1.46. The van der Waals surface area contributed by atoms with E-state index >= 15 is 0 Å². The lowest BCUT2D eigenvalue weighted by molar-refractivity contribution is 0.169. The van der Waals surface area contributed by atoms with Crippen LogP contribution in [0.1, 0.15) is 33.6 Å². The Hall–Kier alpha value is -0.120. The van der Waals surface area contributed by atoms with Crippen LogP contribution in [0.2, 0.25) is 0 Å². The summed E-state index contributed by atoms with van der Waals surface area (Å²) in [5.41, 5.74) is 0. The van der Waals surface area contributed by atoms with Gasteiger partial charge in [-0.05, 0) is 25.9 Å². The predicted octanol–water partition coefficient (Wildman–Crippen LogP) is 1.98. The standard InChI is InChI=1S/C14H30N2O/c1-5-7-15-14-11-17-10-13(14)9-16(4)8-12(3)6-2/h12-15H,5-11H2,1-4H3. The molecule has 0 saturated carbocycles. The lowest BCUT2D eigenvalue weighted by Crippen LogP contribution is -2.41. The van der Waals surface area contributed by atoms with Gasteiger partial charge in [0.1, 0.15) is 0 Å². The summed E-state index contributed by atoms with van der Waals surface area (Å²) in [4.78, 5) is 2.47. The van der Waals surface area contributed by atoms with E-state index in [1.807, 2.05) is 0 Å². The summed E-state index contributed by atoms with van der Waals surface area (Å²) in [6, 6.07) is 0.564. The summed E-state index contributed by atoms with van der Waals surface area (Å²) in [6.07, 6.45) is 2.47. The Balaban J connectivity index is 2.28. The Bertz CT molecular complexity index is 199. The number of ether oxygens (including phenoxy) is 1. The fourth-order valence-electron chi connectivity index (χ4n) is 2.47. The molecule has 17 heavy (non-hydrogen) atoms. The average molecular weight is 242 g/mol. The van der Waals surface area contributed by atoms with Crippen LogP contribution in [0.15, 0.2) is 0 Å². The van der Waals surface area contributed by atoms with Gasteiger partial charge in [0.25, 0.3) is 0 Å². The number of hydrogen-bond acceptors (Lipinski definition) is 3. The zero-order chi connectivity index (χ0) is 12.7. The van der Waals surface area contributed by atoms with Crippen molar-refractivity contribution >= 4 is 0 Å². The van der Waals surface area contributed by atoms with Crippen molar-refractivity contribution in [1.29, 1.82) is 0 Å². The smallest absolute Gasteiger partial charge is 0.0623 e. The maximum Gasteiger partial charge on any atom is 0.0623 e. The fourth-order valence-corrected chi connectivity index (χ4v) is 2.47. The van der Waals surface area contributed by atoms with Crippen LogP contribution >= 0.6 is 0 Å². The van der Waals surface area contributed by atoms with Crippen molar-refractivity contribution in [1.82, 2.24) is 10.2 Å². The van der Waals surface area contributed by atoms with Crippen LogP contribution in [0.25, 0.3) is 0 Å². The van der Waals surface area contributed by atoms with E-state index in [1.165, 1.54) is 19.4 Å². The maximum atomic E-state index is 5.61. The second kappa shape index (κ2) is 8.06. The van der Waals surface area contributed by atoms with Gasteiger partial charge in [-0.2, -0.15) is 0 Å². The quantitative estimate of drug-likeness (QED) is 0.704. The highest BCUT2D eigenvalue weighted by Crippen LogP contribution is 2.15. The van der Waals surface area contributed by atoms with Crippen molar-refractivity contribution in [3.8, 4) is 0 Å². The second-order valence-corrected chi connectivity index (χ2v) is 5.59. The van der Waals surface area contributed by atoms with Crippen LogP contribution in [0, 0.1) is 11.8 Å². The lowest BCUT2D eigenvalue weighted by atomic mass is 10.0. The molecule has 3 unspecified atom stereocenters. The minimum atomic E-state index is 0.564. The fraction of sp³-hybridized carbons (Fsp3) is 1.00. The Morgan fingerprint density at radius 1 is 1.35 bits per heavy atom. The first kappa shape index (κ1) is 14.9. The highest BCUT2D eigenvalue weighted by Gasteiger charge is 2.28. The lowest BCUT2D eigenvalue weighted by Gasteiger charge is -2.26. The van der Waals surface area contributed by atoms with E-state index in [9.17, 15) is 0 Å². The van der Waals surface area contributed by atoms with Crippen LogP contribution in [0.4, 0.5) is 0 Å². The van der Waals surface area contributed by atoms with Crippen molar-refractivity contribution < 1.29 is 4.74 Å². The first-order valence-electron chi connectivity index (χ1n) is 7.17. The molecule has 3 heteroatoms. The van der Waals surface area contributed by atoms with Crippen LogP contribution in [-0.4, -0.2) is 50.8 Å². The molecule has 0 aromatic rings. The van der Waals surface area contributed by atoms with Gasteiger partial charge in [0, 0.05) is 25.0 Å². The maximum absolute atomic E-state index is 5.61. The SMILES string of the molecule is CCCNC1COCC1CN(C)CC(C)CC. The molecule has 1 saturated heterocycles. The Labute approximate surface area is 107 Å². The number of hydrogen-bond donors (Lipinski definition) is 1. The topological polar surface area (TPSA) is 24.5 Å². The van der Waals surface area contributed by atoms with Crippen molar-refractivity contribution in [2.24, 2.45) is 11.8 Å². The average Bonchev–Trinajstić information content (AvgIpc) is 2.73. The van der Waals surface area contributed by atoms with Crippen molar-refractivity contribution in [2.45, 2.75) is 39.7 Å². The zero-order valence-electron chi connectivity index (χ0n) is 12.0. The third-order valence-corrected chi connectivity index (χ3v) is 3.72. The molecule has 1 aliphatic heterocycles. The number of nitrogens with one attached hydrogen (secondary N) is 1. The third kappa shape index (κ3) is 5.36. The predicted molar refractivity (Wildman–Crippen MR) is 73.3 cm³/mol. The normalized spacial score (nSPS) is 26.6. The van der Waals surface area contributed by atoms with E-state index in [0.717, 1.165) is 32.2 Å². The van der Waals surface area contributed by atoms with E-state index in [-0.39, 0.29) is 0 Å². The third-order valence-electron chi connectivity index (χ3n) is 3.72. The van der Waals surface area contributed by atoms with Crippen LogP contribution in [0.3, 0.4) is 0 Å². The molecule has 0 amide bonds. The van der Waals surface area contributed by atoms with Crippen molar-refractivity contribution in [3.63, 3.8) is 0 Å². The highest BCUT2D eigenvalue weighted by molar-refractivity contribution is 4.83. The van der Waals surface area contributed by atoms with Crippen molar-refractivity contribution in [3.05, 3.63) is 0 Å². The molecule has 1 N–H and O–H groups in total. The molecule has 3 nitrogen and oxygen atoms in total. The summed E-state index contributed by atoms with van der Waals surface area (Å²) in [5, 5.41) is 3.60. The molecule has 0 aromatic heterocycles. The van der Waals surface area contributed by atoms with E-state index in [4.69, 9.17) is 4.74 Å². The van der Waals surface area contributed by atoms with Gasteiger partial charge in [-0.25, -0.2) is 0 Å². The summed E-state index contributed by atoms with van der Waals surface area (Å²) >= 11 is 0. The first-order valence-corrected chi connectivity index (χ1v) is 7.17. The summed E-state index contributed by atoms with van der Waals surface area (Å²) in [7, 11) is 2.24. The van der Waals surface area contributed by atoms with Gasteiger partial charge in [-0.15, -0.1) is 0 Å². The van der Waals surface area contributed by atoms with Crippen LogP contribution in [0.5, 0.6) is 0 Å². The molecule has 0 bridgehead atoms. The van der Waals surface area contributed by atoms with E-state index in [0.29, 0.717) is 12.0 Å². The van der Waals surface area contributed by atoms with Gasteiger partial charge in [-0.1, -0.05) is 27.2 Å². The molecule has 0 spiro atoms. The van der Waals surface area contributed by atoms with Crippen LogP contribution in [-0.2, 0) is 4.74 Å². The van der Waals surface area contributed by atoms with E-state index < -0.39 is 0 Å². The molecule has 1 rings (SSSR count). The molecule has 1 fully saturated rings. The van der Waals surface area contributed by atoms with Gasteiger partial charge < -0.3 is 15.0 Å². The Morgan fingerprint density at radius 2 is 2.12 bits per heavy atom. The van der Waals surface area contributed by atoms with E-state index in [1.54, 1.807) is 0 Å². The van der Waals surface area contributed by atoms with Gasteiger partial charge in [0.2, 0.25) is 0 Å². The molecule has 1 heterocycles.